The van der Waals surface area contributed by atoms with Crippen LogP contribution in [0.15, 0.2) is 53.3 Å². The number of rotatable bonds is 4. The van der Waals surface area contributed by atoms with Crippen LogP contribution < -0.4 is 20.3 Å². The normalized spacial score (nSPS) is 13.2. The molecule has 148 valence electrons. The molecule has 0 fully saturated rings. The maximum absolute atomic E-state index is 12.7. The fraction of sp³-hybridized carbons (Fsp3) is 0.227. The molecule has 1 aliphatic heterocycles. The van der Waals surface area contributed by atoms with Gasteiger partial charge in [-0.05, 0) is 68.3 Å². The number of amides is 1. The number of aromatic nitrogens is 2. The second-order valence-corrected chi connectivity index (χ2v) is 7.11. The first kappa shape index (κ1) is 18.7. The van der Waals surface area contributed by atoms with Crippen molar-refractivity contribution in [2.75, 3.05) is 12.1 Å². The highest BCUT2D eigenvalue weighted by atomic mass is 16.7. The molecule has 0 saturated carbocycles. The minimum absolute atomic E-state index is 0.182. The molecule has 1 aliphatic rings. The maximum atomic E-state index is 12.7. The lowest BCUT2D eigenvalue weighted by Gasteiger charge is -2.15. The molecular formula is C22H21N3O4. The van der Waals surface area contributed by atoms with E-state index < -0.39 is 6.04 Å². The number of carbonyl (C=O) groups excluding carboxylic acids is 1. The van der Waals surface area contributed by atoms with Crippen LogP contribution in [0.5, 0.6) is 11.5 Å². The van der Waals surface area contributed by atoms with E-state index >= 15 is 0 Å². The largest absolute Gasteiger partial charge is 0.454 e. The number of nitrogens with zero attached hydrogens (tertiary/aromatic N) is 2. The van der Waals surface area contributed by atoms with Gasteiger partial charge in [-0.3, -0.25) is 9.59 Å². The molecule has 29 heavy (non-hydrogen) atoms. The van der Waals surface area contributed by atoms with Crippen LogP contribution in [0.2, 0.25) is 0 Å². The molecule has 0 spiro atoms. The molecule has 1 N–H and O–H groups in total. The zero-order valence-electron chi connectivity index (χ0n) is 16.4. The first-order valence-corrected chi connectivity index (χ1v) is 9.30. The number of benzene rings is 2. The zero-order chi connectivity index (χ0) is 20.5. The van der Waals surface area contributed by atoms with Gasteiger partial charge in [-0.1, -0.05) is 6.07 Å². The van der Waals surface area contributed by atoms with Crippen molar-refractivity contribution in [2.24, 2.45) is 0 Å². The first-order valence-electron chi connectivity index (χ1n) is 9.30. The number of hydrogen-bond acceptors (Lipinski definition) is 5. The second-order valence-electron chi connectivity index (χ2n) is 7.11. The predicted octanol–water partition coefficient (Wildman–Crippen LogP) is 3.46. The van der Waals surface area contributed by atoms with E-state index in [9.17, 15) is 9.59 Å². The Morgan fingerprint density at radius 1 is 1.03 bits per heavy atom. The van der Waals surface area contributed by atoms with Crippen molar-refractivity contribution in [3.05, 3.63) is 70.0 Å². The van der Waals surface area contributed by atoms with E-state index in [-0.39, 0.29) is 18.3 Å². The molecule has 7 heteroatoms. The maximum Gasteiger partial charge on any atom is 0.267 e. The fourth-order valence-electron chi connectivity index (χ4n) is 3.32. The Balaban J connectivity index is 1.61. The zero-order valence-corrected chi connectivity index (χ0v) is 16.4. The number of carbonyl (C=O) groups is 1. The van der Waals surface area contributed by atoms with Gasteiger partial charge in [-0.15, -0.1) is 0 Å². The monoisotopic (exact) mass is 391 g/mol. The second kappa shape index (κ2) is 7.43. The molecule has 1 amide bonds. The summed E-state index contributed by atoms with van der Waals surface area (Å²) < 4.78 is 11.9. The lowest BCUT2D eigenvalue weighted by atomic mass is 10.1. The summed E-state index contributed by atoms with van der Waals surface area (Å²) in [5.41, 5.74) is 3.77. The summed E-state index contributed by atoms with van der Waals surface area (Å²) in [6, 6.07) is 13.5. The molecule has 1 unspecified atom stereocenters. The van der Waals surface area contributed by atoms with Crippen LogP contribution in [-0.4, -0.2) is 22.5 Å². The van der Waals surface area contributed by atoms with Crippen molar-refractivity contribution in [2.45, 2.75) is 26.8 Å². The van der Waals surface area contributed by atoms with E-state index in [4.69, 9.17) is 9.47 Å². The molecule has 7 nitrogen and oxygen atoms in total. The van der Waals surface area contributed by atoms with Gasteiger partial charge in [0, 0.05) is 17.3 Å². The lowest BCUT2D eigenvalue weighted by molar-refractivity contribution is -0.119. The molecule has 0 saturated heterocycles. The fourth-order valence-corrected chi connectivity index (χ4v) is 3.32. The van der Waals surface area contributed by atoms with Gasteiger partial charge in [0.2, 0.25) is 12.7 Å². The van der Waals surface area contributed by atoms with Crippen LogP contribution in [-0.2, 0) is 4.79 Å². The molecule has 0 radical (unpaired) electrons. The predicted molar refractivity (Wildman–Crippen MR) is 109 cm³/mol. The van der Waals surface area contributed by atoms with E-state index in [1.54, 1.807) is 25.1 Å². The molecule has 2 heterocycles. The summed E-state index contributed by atoms with van der Waals surface area (Å²) in [6.07, 6.45) is 0. The van der Waals surface area contributed by atoms with Gasteiger partial charge >= 0.3 is 0 Å². The summed E-state index contributed by atoms with van der Waals surface area (Å²) in [6.45, 7) is 5.76. The summed E-state index contributed by atoms with van der Waals surface area (Å²) in [5.74, 6) is 0.985. The highest BCUT2D eigenvalue weighted by Crippen LogP contribution is 2.35. The van der Waals surface area contributed by atoms with E-state index in [1.165, 1.54) is 10.7 Å². The Morgan fingerprint density at radius 3 is 2.52 bits per heavy atom. The molecular weight excluding hydrogens is 370 g/mol. The highest BCUT2D eigenvalue weighted by molar-refractivity contribution is 5.93. The van der Waals surface area contributed by atoms with E-state index in [0.29, 0.717) is 22.9 Å². The number of nitrogens with one attached hydrogen (secondary N) is 1. The number of fused-ring (bicyclic) bond motifs is 1. The van der Waals surface area contributed by atoms with Crippen LogP contribution in [0, 0.1) is 13.8 Å². The van der Waals surface area contributed by atoms with Crippen LogP contribution in [0.4, 0.5) is 5.69 Å². The Hall–Kier alpha value is -3.61. The number of anilines is 1. The number of aryl methyl sites for hydroxylation is 2. The summed E-state index contributed by atoms with van der Waals surface area (Å²) in [5, 5.41) is 7.28. The smallest absolute Gasteiger partial charge is 0.267 e. The quantitative estimate of drug-likeness (QED) is 0.737. The molecule has 2 aromatic carbocycles. The van der Waals surface area contributed by atoms with Crippen molar-refractivity contribution in [3.8, 4) is 22.8 Å². The molecule has 1 atom stereocenters. The van der Waals surface area contributed by atoms with Crippen molar-refractivity contribution in [3.63, 3.8) is 0 Å². The average molecular weight is 391 g/mol. The van der Waals surface area contributed by atoms with Gasteiger partial charge in [0.15, 0.2) is 11.5 Å². The summed E-state index contributed by atoms with van der Waals surface area (Å²) in [4.78, 5) is 25.1. The van der Waals surface area contributed by atoms with Crippen LogP contribution in [0.25, 0.3) is 11.3 Å². The third-order valence-corrected chi connectivity index (χ3v) is 4.73. The SMILES string of the molecule is Cc1cc(C)cc(NC(=O)C(C)n2nc(-c3ccc4c(c3)OCO4)ccc2=O)c1. The Labute approximate surface area is 167 Å². The van der Waals surface area contributed by atoms with E-state index in [2.05, 4.69) is 10.4 Å². The number of ether oxygens (including phenoxy) is 2. The van der Waals surface area contributed by atoms with Gasteiger partial charge in [-0.2, -0.15) is 5.10 Å². The Bertz CT molecular complexity index is 1130. The molecule has 0 aliphatic carbocycles. The van der Waals surface area contributed by atoms with Crippen molar-refractivity contribution in [1.82, 2.24) is 9.78 Å². The van der Waals surface area contributed by atoms with Crippen LogP contribution >= 0.6 is 0 Å². The minimum Gasteiger partial charge on any atom is -0.454 e. The molecule has 1 aromatic heterocycles. The molecule has 0 bridgehead atoms. The van der Waals surface area contributed by atoms with Gasteiger partial charge < -0.3 is 14.8 Å². The number of hydrogen-bond donors (Lipinski definition) is 1. The summed E-state index contributed by atoms with van der Waals surface area (Å²) >= 11 is 0. The first-order chi connectivity index (χ1) is 13.9. The van der Waals surface area contributed by atoms with Gasteiger partial charge in [0.05, 0.1) is 5.69 Å². The van der Waals surface area contributed by atoms with Gasteiger partial charge in [0.1, 0.15) is 6.04 Å². The highest BCUT2D eigenvalue weighted by Gasteiger charge is 2.20. The van der Waals surface area contributed by atoms with Crippen molar-refractivity contribution < 1.29 is 14.3 Å². The summed E-state index contributed by atoms with van der Waals surface area (Å²) in [7, 11) is 0. The van der Waals surface area contributed by atoms with Crippen molar-refractivity contribution in [1.29, 1.82) is 0 Å². The van der Waals surface area contributed by atoms with Gasteiger partial charge in [-0.25, -0.2) is 4.68 Å². The molecule has 4 rings (SSSR count). The third-order valence-electron chi connectivity index (χ3n) is 4.73. The topological polar surface area (TPSA) is 82.5 Å². The average Bonchev–Trinajstić information content (AvgIpc) is 3.14. The van der Waals surface area contributed by atoms with Crippen LogP contribution in [0.3, 0.4) is 0 Å². The van der Waals surface area contributed by atoms with E-state index in [0.717, 1.165) is 16.7 Å². The minimum atomic E-state index is -0.780. The third kappa shape index (κ3) is 3.85. The van der Waals surface area contributed by atoms with Gasteiger partial charge in [0.25, 0.3) is 5.56 Å². The Kier molecular flexibility index (Phi) is 4.80. The Morgan fingerprint density at radius 2 is 1.76 bits per heavy atom. The van der Waals surface area contributed by atoms with Crippen LogP contribution in [0.1, 0.15) is 24.1 Å². The lowest BCUT2D eigenvalue weighted by Crippen LogP contribution is -2.33. The van der Waals surface area contributed by atoms with E-state index in [1.807, 2.05) is 38.1 Å². The molecule has 3 aromatic rings. The standard InChI is InChI=1S/C22H21N3O4/c1-13-8-14(2)10-17(9-13)23-22(27)15(3)25-21(26)7-5-18(24-25)16-4-6-19-20(11-16)29-12-28-19/h4-11,15H,12H2,1-3H3,(H,23,27). The van der Waals surface area contributed by atoms with Crippen molar-refractivity contribution >= 4 is 11.6 Å².